The van der Waals surface area contributed by atoms with Crippen molar-refractivity contribution in [3.8, 4) is 0 Å². The van der Waals surface area contributed by atoms with Crippen LogP contribution < -0.4 is 5.56 Å². The molecular weight excluding hydrogens is 152 g/mol. The Morgan fingerprint density at radius 3 is 3.25 bits per heavy atom. The van der Waals surface area contributed by atoms with Crippen molar-refractivity contribution in [3.63, 3.8) is 0 Å². The zero-order chi connectivity index (χ0) is 8.55. The molecule has 0 N–H and O–H groups in total. The summed E-state index contributed by atoms with van der Waals surface area (Å²) in [7, 11) is 0. The molecule has 2 rings (SSSR count). The summed E-state index contributed by atoms with van der Waals surface area (Å²) >= 11 is 0. The van der Waals surface area contributed by atoms with Gasteiger partial charge in [-0.1, -0.05) is 0 Å². The molecule has 64 valence electrons. The van der Waals surface area contributed by atoms with Gasteiger partial charge in [0.2, 0.25) is 0 Å². The molecule has 2 heterocycles. The molecule has 1 atom stereocenters. The fraction of sp³-hybridized carbons (Fsp3) is 0.556. The van der Waals surface area contributed by atoms with Crippen molar-refractivity contribution in [2.45, 2.75) is 32.2 Å². The highest BCUT2D eigenvalue weighted by Gasteiger charge is 2.16. The molecule has 0 amide bonds. The minimum absolute atomic E-state index is 0.0900. The highest BCUT2D eigenvalue weighted by atomic mass is 16.1. The summed E-state index contributed by atoms with van der Waals surface area (Å²) in [6.07, 6.45) is 4.79. The Labute approximate surface area is 71.1 Å². The second kappa shape index (κ2) is 2.73. The Hall–Kier alpha value is -1.12. The molecule has 0 fully saturated rings. The molecule has 12 heavy (non-hydrogen) atoms. The van der Waals surface area contributed by atoms with E-state index in [1.165, 1.54) is 6.07 Å². The van der Waals surface area contributed by atoms with E-state index < -0.39 is 0 Å². The Balaban J connectivity index is 2.61. The van der Waals surface area contributed by atoms with E-state index >= 15 is 0 Å². The third kappa shape index (κ3) is 1.05. The van der Waals surface area contributed by atoms with E-state index in [1.54, 1.807) is 6.20 Å². The molecule has 0 spiro atoms. The number of hydrogen-bond acceptors (Lipinski definition) is 2. The number of hydrogen-bond donors (Lipinski definition) is 0. The fourth-order valence-corrected chi connectivity index (χ4v) is 1.80. The van der Waals surface area contributed by atoms with Crippen LogP contribution in [0.2, 0.25) is 0 Å². The molecule has 0 saturated heterocycles. The minimum atomic E-state index is 0.0900. The SMILES string of the molecule is C[C@H]1CCCc2nccc(=O)n21. The lowest BCUT2D eigenvalue weighted by atomic mass is 10.1. The van der Waals surface area contributed by atoms with Gasteiger partial charge in [-0.2, -0.15) is 0 Å². The molecule has 1 aliphatic rings. The lowest BCUT2D eigenvalue weighted by Crippen LogP contribution is -2.29. The van der Waals surface area contributed by atoms with Crippen LogP contribution in [0.4, 0.5) is 0 Å². The average Bonchev–Trinajstić information content (AvgIpc) is 2.04. The van der Waals surface area contributed by atoms with Crippen LogP contribution in [-0.2, 0) is 6.42 Å². The molecule has 3 heteroatoms. The lowest BCUT2D eigenvalue weighted by molar-refractivity contribution is 0.405. The molecule has 0 aliphatic carbocycles. The quantitative estimate of drug-likeness (QED) is 0.576. The molecule has 0 saturated carbocycles. The number of fused-ring (bicyclic) bond motifs is 1. The van der Waals surface area contributed by atoms with Gasteiger partial charge in [0, 0.05) is 24.7 Å². The fourth-order valence-electron chi connectivity index (χ4n) is 1.80. The summed E-state index contributed by atoms with van der Waals surface area (Å²) in [5.41, 5.74) is 0.0900. The summed E-state index contributed by atoms with van der Waals surface area (Å²) < 4.78 is 1.81. The molecule has 0 aromatic carbocycles. The van der Waals surface area contributed by atoms with Crippen LogP contribution in [0.1, 0.15) is 31.6 Å². The molecular formula is C9H12N2O. The molecule has 1 aliphatic heterocycles. The van der Waals surface area contributed by atoms with Gasteiger partial charge < -0.3 is 0 Å². The van der Waals surface area contributed by atoms with E-state index in [2.05, 4.69) is 11.9 Å². The van der Waals surface area contributed by atoms with Crippen LogP contribution in [0.25, 0.3) is 0 Å². The van der Waals surface area contributed by atoms with Crippen molar-refractivity contribution < 1.29 is 0 Å². The van der Waals surface area contributed by atoms with Crippen LogP contribution in [0.5, 0.6) is 0 Å². The van der Waals surface area contributed by atoms with Gasteiger partial charge in [-0.3, -0.25) is 9.36 Å². The van der Waals surface area contributed by atoms with E-state index in [-0.39, 0.29) is 5.56 Å². The third-order valence-electron chi connectivity index (χ3n) is 2.42. The third-order valence-corrected chi connectivity index (χ3v) is 2.42. The smallest absolute Gasteiger partial charge is 0.253 e. The van der Waals surface area contributed by atoms with Crippen molar-refractivity contribution >= 4 is 0 Å². The van der Waals surface area contributed by atoms with Crippen LogP contribution in [-0.4, -0.2) is 9.55 Å². The predicted molar refractivity (Wildman–Crippen MR) is 46.1 cm³/mol. The van der Waals surface area contributed by atoms with Crippen molar-refractivity contribution in [1.29, 1.82) is 0 Å². The first-order valence-corrected chi connectivity index (χ1v) is 4.35. The second-order valence-electron chi connectivity index (χ2n) is 3.31. The Morgan fingerprint density at radius 2 is 2.50 bits per heavy atom. The Bertz CT molecular complexity index is 343. The topological polar surface area (TPSA) is 34.9 Å². The molecule has 0 unspecified atom stereocenters. The molecule has 3 nitrogen and oxygen atoms in total. The summed E-state index contributed by atoms with van der Waals surface area (Å²) in [5.74, 6) is 0.946. The van der Waals surface area contributed by atoms with Gasteiger partial charge in [0.15, 0.2) is 0 Å². The van der Waals surface area contributed by atoms with Gasteiger partial charge in [0.1, 0.15) is 5.82 Å². The minimum Gasteiger partial charge on any atom is -0.294 e. The van der Waals surface area contributed by atoms with Crippen molar-refractivity contribution in [2.24, 2.45) is 0 Å². The number of rotatable bonds is 0. The van der Waals surface area contributed by atoms with E-state index in [9.17, 15) is 4.79 Å². The standard InChI is InChI=1S/C9H12N2O/c1-7-3-2-4-8-10-6-5-9(12)11(7)8/h5-7H,2-4H2,1H3/t7-/m0/s1. The first-order valence-electron chi connectivity index (χ1n) is 4.35. The molecule has 0 radical (unpaired) electrons. The Kier molecular flexibility index (Phi) is 1.71. The monoisotopic (exact) mass is 164 g/mol. The zero-order valence-electron chi connectivity index (χ0n) is 7.16. The lowest BCUT2D eigenvalue weighted by Gasteiger charge is -2.23. The van der Waals surface area contributed by atoms with E-state index in [0.29, 0.717) is 6.04 Å². The summed E-state index contributed by atoms with van der Waals surface area (Å²) in [5, 5.41) is 0. The first-order chi connectivity index (χ1) is 5.79. The highest BCUT2D eigenvalue weighted by Crippen LogP contribution is 2.19. The van der Waals surface area contributed by atoms with Crippen molar-refractivity contribution in [3.05, 3.63) is 28.4 Å². The summed E-state index contributed by atoms with van der Waals surface area (Å²) in [6.45, 7) is 2.08. The first kappa shape index (κ1) is 7.53. The Morgan fingerprint density at radius 1 is 1.67 bits per heavy atom. The van der Waals surface area contributed by atoms with Gasteiger partial charge in [0.05, 0.1) is 0 Å². The summed E-state index contributed by atoms with van der Waals surface area (Å²) in [4.78, 5) is 15.6. The second-order valence-corrected chi connectivity index (χ2v) is 3.31. The largest absolute Gasteiger partial charge is 0.294 e. The van der Waals surface area contributed by atoms with Crippen LogP contribution >= 0.6 is 0 Å². The normalized spacial score (nSPS) is 21.9. The van der Waals surface area contributed by atoms with Crippen molar-refractivity contribution in [2.75, 3.05) is 0 Å². The maximum absolute atomic E-state index is 11.4. The number of aromatic nitrogens is 2. The molecule has 1 aromatic rings. The summed E-state index contributed by atoms with van der Waals surface area (Å²) in [6, 6.07) is 1.86. The molecule has 0 bridgehead atoms. The average molecular weight is 164 g/mol. The van der Waals surface area contributed by atoms with Gasteiger partial charge in [-0.15, -0.1) is 0 Å². The van der Waals surface area contributed by atoms with Gasteiger partial charge in [-0.05, 0) is 19.8 Å². The van der Waals surface area contributed by atoms with Crippen molar-refractivity contribution in [1.82, 2.24) is 9.55 Å². The van der Waals surface area contributed by atoms with Gasteiger partial charge in [0.25, 0.3) is 5.56 Å². The van der Waals surface area contributed by atoms with E-state index in [4.69, 9.17) is 0 Å². The predicted octanol–water partition coefficient (Wildman–Crippen LogP) is 1.14. The number of nitrogens with zero attached hydrogens (tertiary/aromatic N) is 2. The zero-order valence-corrected chi connectivity index (χ0v) is 7.16. The highest BCUT2D eigenvalue weighted by molar-refractivity contribution is 4.98. The maximum atomic E-state index is 11.4. The van der Waals surface area contributed by atoms with E-state index in [0.717, 1.165) is 25.1 Å². The van der Waals surface area contributed by atoms with Crippen LogP contribution in [0.15, 0.2) is 17.1 Å². The van der Waals surface area contributed by atoms with Crippen LogP contribution in [0.3, 0.4) is 0 Å². The van der Waals surface area contributed by atoms with E-state index in [1.807, 2.05) is 4.57 Å². The van der Waals surface area contributed by atoms with Gasteiger partial charge >= 0.3 is 0 Å². The van der Waals surface area contributed by atoms with Crippen LogP contribution in [0, 0.1) is 0 Å². The van der Waals surface area contributed by atoms with Gasteiger partial charge in [-0.25, -0.2) is 4.98 Å². The molecule has 1 aromatic heterocycles. The maximum Gasteiger partial charge on any atom is 0.253 e. The number of aryl methyl sites for hydroxylation is 1.